The van der Waals surface area contributed by atoms with Crippen LogP contribution in [0.1, 0.15) is 64.2 Å². The van der Waals surface area contributed by atoms with Crippen molar-refractivity contribution in [3.63, 3.8) is 0 Å². The van der Waals surface area contributed by atoms with Crippen LogP contribution >= 0.6 is 0 Å². The highest BCUT2D eigenvalue weighted by atomic mass is 19.1. The number of ether oxygens (including phenoxy) is 1. The molecular weight excluding hydrogens is 441 g/mol. The molecule has 1 aliphatic heterocycles. The van der Waals surface area contributed by atoms with Gasteiger partial charge in [-0.15, -0.1) is 0 Å². The van der Waals surface area contributed by atoms with Gasteiger partial charge in [-0.05, 0) is 96.1 Å². The monoisotopic (exact) mass is 483 g/mol. The molecule has 2 aromatic rings. The fraction of sp³-hybridized carbons (Fsp3) is 0.552. The standard InChI is InChI=1S/C29H42FN3O2/c1-8-9-18-35-25-13-10-23(11-14-25)28(34)33(21(2)3)24-12-15-27(26(30)19-24)32-17-16-29(5,31(6)7)22(4)20-32/h10-15,19,21-22H,8-9,16-18,20H2,1-7H3. The van der Waals surface area contributed by atoms with Gasteiger partial charge in [0, 0.05) is 35.9 Å². The van der Waals surface area contributed by atoms with Gasteiger partial charge in [-0.1, -0.05) is 20.3 Å². The molecule has 0 aromatic heterocycles. The fourth-order valence-electron chi connectivity index (χ4n) is 4.83. The Morgan fingerprint density at radius 1 is 1.20 bits per heavy atom. The lowest BCUT2D eigenvalue weighted by atomic mass is 9.79. The maximum absolute atomic E-state index is 15.4. The number of carbonyl (C=O) groups is 1. The van der Waals surface area contributed by atoms with E-state index in [1.807, 2.05) is 38.1 Å². The number of rotatable bonds is 9. The van der Waals surface area contributed by atoms with E-state index >= 15 is 4.39 Å². The molecule has 1 saturated heterocycles. The summed E-state index contributed by atoms with van der Waals surface area (Å²) in [5.74, 6) is 0.706. The van der Waals surface area contributed by atoms with Gasteiger partial charge in [0.2, 0.25) is 0 Å². The topological polar surface area (TPSA) is 36.0 Å². The number of unbranched alkanes of at least 4 members (excludes halogenated alkanes) is 1. The van der Waals surface area contributed by atoms with Gasteiger partial charge in [0.25, 0.3) is 5.91 Å². The first-order valence-electron chi connectivity index (χ1n) is 12.9. The van der Waals surface area contributed by atoms with Crippen LogP contribution in [0.2, 0.25) is 0 Å². The van der Waals surface area contributed by atoms with E-state index in [1.54, 1.807) is 17.0 Å². The molecule has 0 N–H and O–H groups in total. The van der Waals surface area contributed by atoms with E-state index in [0.717, 1.165) is 38.1 Å². The molecule has 2 aromatic carbocycles. The Morgan fingerprint density at radius 3 is 2.43 bits per heavy atom. The highest BCUT2D eigenvalue weighted by molar-refractivity contribution is 6.06. The molecule has 5 nitrogen and oxygen atoms in total. The third-order valence-electron chi connectivity index (χ3n) is 7.62. The van der Waals surface area contributed by atoms with Crippen molar-refractivity contribution >= 4 is 17.3 Å². The second kappa shape index (κ2) is 11.4. The first kappa shape index (κ1) is 27.0. The Kier molecular flexibility index (Phi) is 8.81. The minimum atomic E-state index is -0.290. The summed E-state index contributed by atoms with van der Waals surface area (Å²) >= 11 is 0. The average Bonchev–Trinajstić information content (AvgIpc) is 2.81. The van der Waals surface area contributed by atoms with Crippen molar-refractivity contribution in [1.29, 1.82) is 0 Å². The van der Waals surface area contributed by atoms with E-state index in [2.05, 4.69) is 44.7 Å². The minimum Gasteiger partial charge on any atom is -0.494 e. The third-order valence-corrected chi connectivity index (χ3v) is 7.62. The van der Waals surface area contributed by atoms with Crippen molar-refractivity contribution < 1.29 is 13.9 Å². The number of anilines is 2. The smallest absolute Gasteiger partial charge is 0.258 e. The van der Waals surface area contributed by atoms with Crippen molar-refractivity contribution in [2.75, 3.05) is 43.6 Å². The molecule has 6 heteroatoms. The van der Waals surface area contributed by atoms with E-state index in [-0.39, 0.29) is 23.3 Å². The summed E-state index contributed by atoms with van der Waals surface area (Å²) in [6.07, 6.45) is 3.04. The Bertz CT molecular complexity index is 992. The van der Waals surface area contributed by atoms with Crippen molar-refractivity contribution in [2.45, 2.75) is 65.5 Å². The normalized spacial score (nSPS) is 20.4. The van der Waals surface area contributed by atoms with Gasteiger partial charge < -0.3 is 19.4 Å². The lowest BCUT2D eigenvalue weighted by Gasteiger charge is -2.49. The number of amides is 1. The highest BCUT2D eigenvalue weighted by Crippen LogP contribution is 2.36. The highest BCUT2D eigenvalue weighted by Gasteiger charge is 2.38. The van der Waals surface area contributed by atoms with Crippen LogP contribution < -0.4 is 14.5 Å². The van der Waals surface area contributed by atoms with Gasteiger partial charge in [0.15, 0.2) is 0 Å². The van der Waals surface area contributed by atoms with Crippen molar-refractivity contribution in [3.05, 3.63) is 53.8 Å². The maximum Gasteiger partial charge on any atom is 0.258 e. The number of nitrogens with zero attached hydrogens (tertiary/aromatic N) is 3. The summed E-state index contributed by atoms with van der Waals surface area (Å²) in [6, 6.07) is 12.3. The Morgan fingerprint density at radius 2 is 1.89 bits per heavy atom. The van der Waals surface area contributed by atoms with E-state index in [9.17, 15) is 4.79 Å². The number of piperidine rings is 1. The summed E-state index contributed by atoms with van der Waals surface area (Å²) in [4.78, 5) is 19.5. The summed E-state index contributed by atoms with van der Waals surface area (Å²) in [7, 11) is 4.23. The van der Waals surface area contributed by atoms with E-state index in [1.165, 1.54) is 6.07 Å². The molecule has 0 bridgehead atoms. The molecule has 2 atom stereocenters. The zero-order chi connectivity index (χ0) is 25.8. The Balaban J connectivity index is 1.77. The predicted molar refractivity (Wildman–Crippen MR) is 143 cm³/mol. The van der Waals surface area contributed by atoms with E-state index < -0.39 is 0 Å². The van der Waals surface area contributed by atoms with Gasteiger partial charge in [-0.3, -0.25) is 4.79 Å². The van der Waals surface area contributed by atoms with Crippen LogP contribution in [0, 0.1) is 11.7 Å². The van der Waals surface area contributed by atoms with Crippen LogP contribution in [-0.2, 0) is 0 Å². The molecule has 0 aliphatic carbocycles. The van der Waals surface area contributed by atoms with Gasteiger partial charge in [0.05, 0.1) is 12.3 Å². The average molecular weight is 484 g/mol. The van der Waals surface area contributed by atoms with Crippen LogP contribution in [0.3, 0.4) is 0 Å². The van der Waals surface area contributed by atoms with Crippen molar-refractivity contribution in [3.8, 4) is 5.75 Å². The largest absolute Gasteiger partial charge is 0.494 e. The van der Waals surface area contributed by atoms with Gasteiger partial charge >= 0.3 is 0 Å². The summed E-state index contributed by atoms with van der Waals surface area (Å²) in [5, 5.41) is 0. The third kappa shape index (κ3) is 5.97. The molecule has 1 amide bonds. The molecule has 0 saturated carbocycles. The number of benzene rings is 2. The molecule has 2 unspecified atom stereocenters. The SMILES string of the molecule is CCCCOc1ccc(C(=O)N(c2ccc(N3CCC(C)(N(C)C)C(C)C3)c(F)c2)C(C)C)cc1. The van der Waals surface area contributed by atoms with Crippen molar-refractivity contribution in [2.24, 2.45) is 5.92 Å². The molecule has 0 spiro atoms. The molecule has 35 heavy (non-hydrogen) atoms. The Hall–Kier alpha value is -2.60. The van der Waals surface area contributed by atoms with Crippen LogP contribution in [-0.4, -0.2) is 56.2 Å². The van der Waals surface area contributed by atoms with Gasteiger partial charge in [-0.2, -0.15) is 0 Å². The fourth-order valence-corrected chi connectivity index (χ4v) is 4.83. The van der Waals surface area contributed by atoms with Crippen LogP contribution in [0.5, 0.6) is 5.75 Å². The van der Waals surface area contributed by atoms with Crippen LogP contribution in [0.4, 0.5) is 15.8 Å². The number of carbonyl (C=O) groups excluding carboxylic acids is 1. The van der Waals surface area contributed by atoms with Gasteiger partial charge in [-0.25, -0.2) is 4.39 Å². The lowest BCUT2D eigenvalue weighted by Crippen LogP contribution is -2.56. The van der Waals surface area contributed by atoms with Crippen LogP contribution in [0.15, 0.2) is 42.5 Å². The molecule has 1 fully saturated rings. The van der Waals surface area contributed by atoms with Crippen LogP contribution in [0.25, 0.3) is 0 Å². The molecular formula is C29H42FN3O2. The zero-order valence-electron chi connectivity index (χ0n) is 22.5. The summed E-state index contributed by atoms with van der Waals surface area (Å²) in [5.41, 5.74) is 1.83. The first-order chi connectivity index (χ1) is 16.6. The maximum atomic E-state index is 15.4. The van der Waals surface area contributed by atoms with Gasteiger partial charge in [0.1, 0.15) is 11.6 Å². The molecule has 1 aliphatic rings. The van der Waals surface area contributed by atoms with Crippen molar-refractivity contribution in [1.82, 2.24) is 4.90 Å². The number of hydrogen-bond donors (Lipinski definition) is 0. The second-order valence-electron chi connectivity index (χ2n) is 10.5. The van der Waals surface area contributed by atoms with E-state index in [4.69, 9.17) is 4.74 Å². The summed E-state index contributed by atoms with van der Waals surface area (Å²) in [6.45, 7) is 12.8. The minimum absolute atomic E-state index is 0.102. The Labute approximate surface area is 210 Å². The zero-order valence-corrected chi connectivity index (χ0v) is 22.5. The number of halogens is 1. The molecule has 3 rings (SSSR count). The lowest BCUT2D eigenvalue weighted by molar-refractivity contribution is 0.0833. The molecule has 1 heterocycles. The van der Waals surface area contributed by atoms with E-state index in [0.29, 0.717) is 29.5 Å². The molecule has 192 valence electrons. The summed E-state index contributed by atoms with van der Waals surface area (Å²) < 4.78 is 21.1. The number of hydrogen-bond acceptors (Lipinski definition) is 4. The quantitative estimate of drug-likeness (QED) is 0.396. The predicted octanol–water partition coefficient (Wildman–Crippen LogP) is 6.23. The molecule has 0 radical (unpaired) electrons. The first-order valence-corrected chi connectivity index (χ1v) is 12.9. The second-order valence-corrected chi connectivity index (χ2v) is 10.5.